The molecule has 0 radical (unpaired) electrons. The molecule has 2 aromatic rings. The first-order valence-electron chi connectivity index (χ1n) is 11.2. The molecule has 0 aliphatic heterocycles. The predicted octanol–water partition coefficient (Wildman–Crippen LogP) is 6.34. The number of rotatable bonds is 6. The first-order chi connectivity index (χ1) is 14.6. The van der Waals surface area contributed by atoms with Gasteiger partial charge in [-0.3, -0.25) is 0 Å². The van der Waals surface area contributed by atoms with E-state index in [0.717, 1.165) is 53.1 Å². The van der Waals surface area contributed by atoms with Crippen LogP contribution < -0.4 is 4.74 Å². The Morgan fingerprint density at radius 3 is 2.43 bits per heavy atom. The second kappa shape index (κ2) is 9.82. The standard InChI is InChI=1S/C24H32N2O3S/c1-17-22(16-28-24(27)26(2)19-8-6-7-9-19)23(30-25-17)18-12-14-21(15-13-18)29-20-10-4-3-5-11-20/h12-15,19-20H,3-11,16H2,1-2H3. The topological polar surface area (TPSA) is 51.7 Å². The highest BCUT2D eigenvalue weighted by Gasteiger charge is 2.25. The van der Waals surface area contributed by atoms with Crippen LogP contribution in [0.2, 0.25) is 0 Å². The van der Waals surface area contributed by atoms with Gasteiger partial charge in [-0.15, -0.1) is 0 Å². The Kier molecular flexibility index (Phi) is 6.93. The van der Waals surface area contributed by atoms with Crippen LogP contribution in [0.15, 0.2) is 24.3 Å². The molecule has 162 valence electrons. The van der Waals surface area contributed by atoms with E-state index in [0.29, 0.717) is 12.1 Å². The third-order valence-electron chi connectivity index (χ3n) is 6.46. The molecule has 0 spiro atoms. The zero-order chi connectivity index (χ0) is 20.9. The summed E-state index contributed by atoms with van der Waals surface area (Å²) in [6, 6.07) is 8.57. The van der Waals surface area contributed by atoms with Gasteiger partial charge in [0.15, 0.2) is 0 Å². The number of aromatic nitrogens is 1. The highest BCUT2D eigenvalue weighted by atomic mass is 32.1. The first-order valence-corrected chi connectivity index (χ1v) is 12.0. The minimum Gasteiger partial charge on any atom is -0.490 e. The molecule has 4 rings (SSSR count). The lowest BCUT2D eigenvalue weighted by Crippen LogP contribution is -2.35. The zero-order valence-corrected chi connectivity index (χ0v) is 18.9. The van der Waals surface area contributed by atoms with Crippen LogP contribution in [0.5, 0.6) is 5.75 Å². The second-order valence-corrected chi connectivity index (χ2v) is 9.36. The van der Waals surface area contributed by atoms with Crippen LogP contribution in [0.25, 0.3) is 10.4 Å². The molecule has 0 saturated heterocycles. The summed E-state index contributed by atoms with van der Waals surface area (Å²) in [5.41, 5.74) is 3.01. The van der Waals surface area contributed by atoms with Crippen molar-refractivity contribution in [3.8, 4) is 16.2 Å². The van der Waals surface area contributed by atoms with E-state index in [1.165, 1.54) is 43.6 Å². The highest BCUT2D eigenvalue weighted by molar-refractivity contribution is 7.09. The Hall–Kier alpha value is -2.08. The third-order valence-corrected chi connectivity index (χ3v) is 7.49. The lowest BCUT2D eigenvalue weighted by Gasteiger charge is -2.23. The summed E-state index contributed by atoms with van der Waals surface area (Å²) in [5.74, 6) is 0.929. The number of hydrogen-bond acceptors (Lipinski definition) is 5. The number of hydrogen-bond donors (Lipinski definition) is 0. The van der Waals surface area contributed by atoms with Gasteiger partial charge in [0, 0.05) is 18.7 Å². The van der Waals surface area contributed by atoms with Gasteiger partial charge >= 0.3 is 6.09 Å². The van der Waals surface area contributed by atoms with Crippen molar-refractivity contribution in [1.29, 1.82) is 0 Å². The van der Waals surface area contributed by atoms with E-state index in [9.17, 15) is 4.79 Å². The van der Waals surface area contributed by atoms with Crippen molar-refractivity contribution in [2.45, 2.75) is 83.5 Å². The van der Waals surface area contributed by atoms with E-state index in [1.807, 2.05) is 26.1 Å². The molecule has 0 N–H and O–H groups in total. The molecule has 1 aromatic carbocycles. The molecule has 0 unspecified atom stereocenters. The summed E-state index contributed by atoms with van der Waals surface area (Å²) >= 11 is 1.46. The fraction of sp³-hybridized carbons (Fsp3) is 0.583. The Morgan fingerprint density at radius 2 is 1.73 bits per heavy atom. The van der Waals surface area contributed by atoms with Gasteiger partial charge in [0.05, 0.1) is 16.7 Å². The Balaban J connectivity index is 1.39. The SMILES string of the molecule is Cc1nsc(-c2ccc(OC3CCCCC3)cc2)c1COC(=O)N(C)C1CCCC1. The van der Waals surface area contributed by atoms with Gasteiger partial charge < -0.3 is 14.4 Å². The normalized spacial score (nSPS) is 17.8. The summed E-state index contributed by atoms with van der Waals surface area (Å²) < 4.78 is 16.3. The Bertz CT molecular complexity index is 837. The summed E-state index contributed by atoms with van der Waals surface area (Å²) in [4.78, 5) is 15.3. The van der Waals surface area contributed by atoms with Gasteiger partial charge in [0.2, 0.25) is 0 Å². The largest absolute Gasteiger partial charge is 0.490 e. The molecule has 2 aliphatic rings. The third kappa shape index (κ3) is 4.97. The van der Waals surface area contributed by atoms with E-state index in [-0.39, 0.29) is 12.7 Å². The summed E-state index contributed by atoms with van der Waals surface area (Å²) in [6.07, 6.45) is 10.8. The van der Waals surface area contributed by atoms with E-state index in [4.69, 9.17) is 9.47 Å². The van der Waals surface area contributed by atoms with Crippen LogP contribution in [0.4, 0.5) is 4.79 Å². The number of aryl methyl sites for hydroxylation is 1. The molecule has 6 heteroatoms. The Morgan fingerprint density at radius 1 is 1.07 bits per heavy atom. The monoisotopic (exact) mass is 428 g/mol. The molecule has 2 saturated carbocycles. The van der Waals surface area contributed by atoms with Gasteiger partial charge in [0.25, 0.3) is 0 Å². The van der Waals surface area contributed by atoms with E-state index < -0.39 is 0 Å². The summed E-state index contributed by atoms with van der Waals surface area (Å²) in [5, 5.41) is 0. The number of carbonyl (C=O) groups excluding carboxylic acids is 1. The molecule has 2 aliphatic carbocycles. The van der Waals surface area contributed by atoms with Gasteiger partial charge in [-0.25, -0.2) is 4.79 Å². The van der Waals surface area contributed by atoms with Crippen molar-refractivity contribution in [2.24, 2.45) is 0 Å². The molecule has 0 atom stereocenters. The molecule has 30 heavy (non-hydrogen) atoms. The van der Waals surface area contributed by atoms with Crippen molar-refractivity contribution >= 4 is 17.6 Å². The predicted molar refractivity (Wildman–Crippen MR) is 120 cm³/mol. The second-order valence-electron chi connectivity index (χ2n) is 8.58. The molecular weight excluding hydrogens is 396 g/mol. The van der Waals surface area contributed by atoms with Crippen molar-refractivity contribution in [3.63, 3.8) is 0 Å². The average molecular weight is 429 g/mol. The fourth-order valence-corrected chi connectivity index (χ4v) is 5.42. The van der Waals surface area contributed by atoms with E-state index in [2.05, 4.69) is 16.5 Å². The Labute approximate surface area is 183 Å². The van der Waals surface area contributed by atoms with Crippen LogP contribution in [-0.2, 0) is 11.3 Å². The van der Waals surface area contributed by atoms with E-state index in [1.54, 1.807) is 4.90 Å². The van der Waals surface area contributed by atoms with Crippen molar-refractivity contribution in [2.75, 3.05) is 7.05 Å². The van der Waals surface area contributed by atoms with Crippen LogP contribution >= 0.6 is 11.5 Å². The lowest BCUT2D eigenvalue weighted by atomic mass is 9.98. The van der Waals surface area contributed by atoms with Crippen molar-refractivity contribution in [1.82, 2.24) is 9.27 Å². The van der Waals surface area contributed by atoms with Gasteiger partial charge in [-0.05, 0) is 86.8 Å². The van der Waals surface area contributed by atoms with Crippen LogP contribution in [0, 0.1) is 6.92 Å². The van der Waals surface area contributed by atoms with Gasteiger partial charge in [-0.2, -0.15) is 4.37 Å². The minimum absolute atomic E-state index is 0.241. The number of benzene rings is 1. The maximum Gasteiger partial charge on any atom is 0.410 e. The number of amides is 1. The number of carbonyl (C=O) groups is 1. The molecule has 2 fully saturated rings. The summed E-state index contributed by atoms with van der Waals surface area (Å²) in [6.45, 7) is 2.23. The molecule has 1 amide bonds. The van der Waals surface area contributed by atoms with Gasteiger partial charge in [-0.1, -0.05) is 19.3 Å². The van der Waals surface area contributed by atoms with E-state index >= 15 is 0 Å². The zero-order valence-electron chi connectivity index (χ0n) is 18.1. The molecular formula is C24H32N2O3S. The first kappa shape index (κ1) is 21.2. The molecule has 1 heterocycles. The van der Waals surface area contributed by atoms with Crippen LogP contribution in [0.1, 0.15) is 69.0 Å². The quantitative estimate of drug-likeness (QED) is 0.538. The maximum absolute atomic E-state index is 12.5. The van der Waals surface area contributed by atoms with Crippen LogP contribution in [-0.4, -0.2) is 34.6 Å². The summed E-state index contributed by atoms with van der Waals surface area (Å²) in [7, 11) is 1.85. The molecule has 0 bridgehead atoms. The maximum atomic E-state index is 12.5. The van der Waals surface area contributed by atoms with Crippen LogP contribution in [0.3, 0.4) is 0 Å². The molecule has 5 nitrogen and oxygen atoms in total. The highest BCUT2D eigenvalue weighted by Crippen LogP contribution is 2.33. The average Bonchev–Trinajstić information content (AvgIpc) is 3.43. The smallest absolute Gasteiger partial charge is 0.410 e. The lowest BCUT2D eigenvalue weighted by molar-refractivity contribution is 0.0918. The van der Waals surface area contributed by atoms with Crippen molar-refractivity contribution < 1.29 is 14.3 Å². The minimum atomic E-state index is -0.241. The van der Waals surface area contributed by atoms with Gasteiger partial charge in [0.1, 0.15) is 12.4 Å². The number of ether oxygens (including phenoxy) is 2. The number of nitrogens with zero attached hydrogens (tertiary/aromatic N) is 2. The fourth-order valence-electron chi connectivity index (χ4n) is 4.52. The van der Waals surface area contributed by atoms with Crippen molar-refractivity contribution in [3.05, 3.63) is 35.5 Å². The molecule has 1 aromatic heterocycles.